The van der Waals surface area contributed by atoms with Crippen LogP contribution in [0.1, 0.15) is 48.6 Å². The highest BCUT2D eigenvalue weighted by Crippen LogP contribution is 2.51. The third kappa shape index (κ3) is 5.73. The number of rotatable bonds is 8. The van der Waals surface area contributed by atoms with Gasteiger partial charge in [-0.05, 0) is 40.7 Å². The van der Waals surface area contributed by atoms with Crippen LogP contribution in [0.3, 0.4) is 0 Å². The molecule has 5 nitrogen and oxygen atoms in total. The predicted molar refractivity (Wildman–Crippen MR) is 146 cm³/mol. The standard InChI is InChI=1S/C31H34F3N3O2/c1-29(2,25-10-6-7-22(17-25)20-37-13-15-39-16-14-37)21-30(38,31(32,33)34)28(23-8-4-3-5-9-23)26-18-24-11-12-35-19-27(24)36-26/h3-12,17-19,28,36,38H,13-16,20-21H2,1-2H3. The zero-order valence-electron chi connectivity index (χ0n) is 22.2. The van der Waals surface area contributed by atoms with E-state index in [0.717, 1.165) is 29.6 Å². The zero-order chi connectivity index (χ0) is 27.7. The number of aromatic amines is 1. The molecule has 0 radical (unpaired) electrons. The summed E-state index contributed by atoms with van der Waals surface area (Å²) in [4.78, 5) is 9.48. The summed E-state index contributed by atoms with van der Waals surface area (Å²) >= 11 is 0. The number of benzene rings is 2. The second-order valence-electron chi connectivity index (χ2n) is 11.1. The summed E-state index contributed by atoms with van der Waals surface area (Å²) in [5.41, 5.74) is -0.981. The Morgan fingerprint density at radius 2 is 1.74 bits per heavy atom. The summed E-state index contributed by atoms with van der Waals surface area (Å²) in [6.45, 7) is 7.24. The molecule has 5 rings (SSSR count). The number of hydrogen-bond acceptors (Lipinski definition) is 4. The Bertz CT molecular complexity index is 1360. The Morgan fingerprint density at radius 1 is 1.00 bits per heavy atom. The van der Waals surface area contributed by atoms with Crippen LogP contribution in [-0.4, -0.2) is 58.1 Å². The van der Waals surface area contributed by atoms with Crippen molar-refractivity contribution >= 4 is 10.9 Å². The number of fused-ring (bicyclic) bond motifs is 1. The fraction of sp³-hybridized carbons (Fsp3) is 0.387. The Balaban J connectivity index is 1.54. The molecular formula is C31H34F3N3O2. The van der Waals surface area contributed by atoms with E-state index >= 15 is 13.2 Å². The lowest BCUT2D eigenvalue weighted by Crippen LogP contribution is -2.53. The highest BCUT2D eigenvalue weighted by Gasteiger charge is 2.61. The van der Waals surface area contributed by atoms with E-state index in [9.17, 15) is 5.11 Å². The minimum Gasteiger partial charge on any atom is -0.380 e. The first-order valence-electron chi connectivity index (χ1n) is 13.2. The van der Waals surface area contributed by atoms with E-state index in [1.807, 2.05) is 24.3 Å². The minimum atomic E-state index is -4.91. The molecule has 2 aromatic heterocycles. The van der Waals surface area contributed by atoms with Crippen LogP contribution in [0.4, 0.5) is 13.2 Å². The molecule has 206 valence electrons. The maximum Gasteiger partial charge on any atom is 0.418 e. The van der Waals surface area contributed by atoms with Crippen LogP contribution in [0.15, 0.2) is 79.1 Å². The Morgan fingerprint density at radius 3 is 2.44 bits per heavy atom. The molecule has 1 aliphatic rings. The largest absolute Gasteiger partial charge is 0.418 e. The molecule has 0 aliphatic carbocycles. The van der Waals surface area contributed by atoms with Gasteiger partial charge in [0.15, 0.2) is 5.60 Å². The number of aromatic nitrogens is 2. The number of morpholine rings is 1. The molecule has 1 aliphatic heterocycles. The first-order valence-corrected chi connectivity index (χ1v) is 13.2. The summed E-state index contributed by atoms with van der Waals surface area (Å²) < 4.78 is 50.8. The van der Waals surface area contributed by atoms with Crippen molar-refractivity contribution in [1.82, 2.24) is 14.9 Å². The van der Waals surface area contributed by atoms with E-state index in [4.69, 9.17) is 4.74 Å². The number of nitrogens with one attached hydrogen (secondary N) is 1. The van der Waals surface area contributed by atoms with Crippen LogP contribution in [0.25, 0.3) is 10.9 Å². The van der Waals surface area contributed by atoms with E-state index in [2.05, 4.69) is 14.9 Å². The van der Waals surface area contributed by atoms with E-state index in [1.165, 1.54) is 0 Å². The average molecular weight is 538 g/mol. The van der Waals surface area contributed by atoms with E-state index in [0.29, 0.717) is 36.5 Å². The summed E-state index contributed by atoms with van der Waals surface area (Å²) in [6, 6.07) is 19.6. The van der Waals surface area contributed by atoms with Crippen molar-refractivity contribution in [3.63, 3.8) is 0 Å². The van der Waals surface area contributed by atoms with E-state index in [1.54, 1.807) is 68.7 Å². The van der Waals surface area contributed by atoms with Gasteiger partial charge in [0.05, 0.1) is 30.8 Å². The Kier molecular flexibility index (Phi) is 7.55. The molecule has 2 aromatic carbocycles. The van der Waals surface area contributed by atoms with Crippen molar-refractivity contribution in [3.8, 4) is 0 Å². The van der Waals surface area contributed by atoms with Crippen LogP contribution >= 0.6 is 0 Å². The molecule has 1 fully saturated rings. The quantitative estimate of drug-likeness (QED) is 0.282. The highest BCUT2D eigenvalue weighted by molar-refractivity contribution is 5.79. The maximum atomic E-state index is 15.1. The van der Waals surface area contributed by atoms with Crippen molar-refractivity contribution < 1.29 is 23.0 Å². The maximum absolute atomic E-state index is 15.1. The Labute approximate surface area is 226 Å². The third-order valence-corrected chi connectivity index (χ3v) is 7.79. The molecule has 3 heterocycles. The van der Waals surface area contributed by atoms with Gasteiger partial charge in [0.1, 0.15) is 0 Å². The lowest BCUT2D eigenvalue weighted by Gasteiger charge is -2.43. The molecule has 0 bridgehead atoms. The van der Waals surface area contributed by atoms with Crippen LogP contribution in [-0.2, 0) is 16.7 Å². The number of halogens is 3. The second kappa shape index (κ2) is 10.8. The van der Waals surface area contributed by atoms with Gasteiger partial charge in [-0.3, -0.25) is 9.88 Å². The number of ether oxygens (including phenoxy) is 1. The molecule has 8 heteroatoms. The molecule has 4 aromatic rings. The van der Waals surface area contributed by atoms with Crippen LogP contribution in [0, 0.1) is 0 Å². The van der Waals surface area contributed by atoms with Gasteiger partial charge in [0, 0.05) is 36.9 Å². The lowest BCUT2D eigenvalue weighted by atomic mass is 9.68. The minimum absolute atomic E-state index is 0.292. The van der Waals surface area contributed by atoms with Crippen LogP contribution in [0.5, 0.6) is 0 Å². The van der Waals surface area contributed by atoms with Crippen molar-refractivity contribution in [2.24, 2.45) is 0 Å². The average Bonchev–Trinajstić information content (AvgIpc) is 3.33. The normalized spacial score (nSPS) is 17.7. The summed E-state index contributed by atoms with van der Waals surface area (Å²) in [5, 5.41) is 12.6. The second-order valence-corrected chi connectivity index (χ2v) is 11.1. The summed E-state index contributed by atoms with van der Waals surface area (Å²) in [7, 11) is 0. The lowest BCUT2D eigenvalue weighted by molar-refractivity contribution is -0.272. The zero-order valence-corrected chi connectivity index (χ0v) is 22.2. The molecule has 39 heavy (non-hydrogen) atoms. The topological polar surface area (TPSA) is 61.4 Å². The number of H-pyrrole nitrogens is 1. The first kappa shape index (κ1) is 27.4. The number of pyridine rings is 1. The first-order chi connectivity index (χ1) is 18.6. The molecule has 1 saturated heterocycles. The van der Waals surface area contributed by atoms with Gasteiger partial charge in [0.25, 0.3) is 0 Å². The van der Waals surface area contributed by atoms with Gasteiger partial charge in [-0.1, -0.05) is 68.4 Å². The summed E-state index contributed by atoms with van der Waals surface area (Å²) in [6.07, 6.45) is -2.26. The van der Waals surface area contributed by atoms with Crippen molar-refractivity contribution in [2.75, 3.05) is 26.3 Å². The van der Waals surface area contributed by atoms with Crippen molar-refractivity contribution in [2.45, 2.75) is 49.9 Å². The summed E-state index contributed by atoms with van der Waals surface area (Å²) in [5.74, 6) is -1.37. The smallest absolute Gasteiger partial charge is 0.380 e. The van der Waals surface area contributed by atoms with Gasteiger partial charge in [-0.2, -0.15) is 13.2 Å². The SMILES string of the molecule is CC(C)(CC(O)(C(c1ccccc1)c1cc2ccncc2[nH]1)C(F)(F)F)c1cccc(CN2CCOCC2)c1. The third-order valence-electron chi connectivity index (χ3n) is 7.79. The van der Waals surface area contributed by atoms with Gasteiger partial charge in [0.2, 0.25) is 0 Å². The predicted octanol–water partition coefficient (Wildman–Crippen LogP) is 6.19. The van der Waals surface area contributed by atoms with Crippen molar-refractivity contribution in [1.29, 1.82) is 0 Å². The van der Waals surface area contributed by atoms with E-state index in [-0.39, 0.29) is 0 Å². The highest BCUT2D eigenvalue weighted by atomic mass is 19.4. The van der Waals surface area contributed by atoms with Crippen LogP contribution in [0.2, 0.25) is 0 Å². The van der Waals surface area contributed by atoms with Crippen LogP contribution < -0.4 is 0 Å². The fourth-order valence-corrected chi connectivity index (χ4v) is 5.76. The van der Waals surface area contributed by atoms with Gasteiger partial charge in [-0.25, -0.2) is 0 Å². The molecule has 0 saturated carbocycles. The molecule has 2 N–H and O–H groups in total. The monoisotopic (exact) mass is 537 g/mol. The molecule has 2 atom stereocenters. The molecule has 0 spiro atoms. The van der Waals surface area contributed by atoms with E-state index < -0.39 is 29.5 Å². The van der Waals surface area contributed by atoms with Gasteiger partial charge >= 0.3 is 6.18 Å². The number of hydrogen-bond donors (Lipinski definition) is 2. The fourth-order valence-electron chi connectivity index (χ4n) is 5.76. The van der Waals surface area contributed by atoms with Crippen molar-refractivity contribution in [3.05, 3.63) is 102 Å². The molecule has 2 unspecified atom stereocenters. The van der Waals surface area contributed by atoms with Gasteiger partial charge < -0.3 is 14.8 Å². The molecule has 0 amide bonds. The number of nitrogens with zero attached hydrogens (tertiary/aromatic N) is 2. The number of aliphatic hydroxyl groups is 1. The molecular weight excluding hydrogens is 503 g/mol. The number of alkyl halides is 3. The van der Waals surface area contributed by atoms with Gasteiger partial charge in [-0.15, -0.1) is 0 Å². The Hall–Kier alpha value is -3.20.